The first-order chi connectivity index (χ1) is 49.9. The van der Waals surface area contributed by atoms with E-state index in [4.69, 9.17) is 71.1 Å². The van der Waals surface area contributed by atoms with Crippen LogP contribution in [0.25, 0.3) is 0 Å². The zero-order chi connectivity index (χ0) is 81.9. The minimum Gasteiger partial charge on any atom is -0.396 e. The zero-order valence-corrected chi connectivity index (χ0v) is 69.2. The van der Waals surface area contributed by atoms with Gasteiger partial charge in [0.1, 0.15) is 0 Å². The Morgan fingerprint density at radius 2 is 0.234 bits per heavy atom. The van der Waals surface area contributed by atoms with Gasteiger partial charge in [-0.25, -0.2) is 0 Å². The number of rotatable bonds is 74. The second-order valence-electron chi connectivity index (χ2n) is 37.2. The van der Waals surface area contributed by atoms with E-state index in [-0.39, 0.29) is 291 Å². The van der Waals surface area contributed by atoms with Crippen molar-refractivity contribution >= 4 is 0 Å². The Morgan fingerprint density at radius 3 is 0.336 bits per heavy atom. The van der Waals surface area contributed by atoms with Gasteiger partial charge in [-0.15, -0.1) is 0 Å². The van der Waals surface area contributed by atoms with Crippen LogP contribution in [0.4, 0.5) is 0 Å². The van der Waals surface area contributed by atoms with Gasteiger partial charge in [0.05, 0.1) is 291 Å². The average Bonchev–Trinajstić information content (AvgIpc) is 0.857. The highest BCUT2D eigenvalue weighted by molar-refractivity contribution is 4.87. The summed E-state index contributed by atoms with van der Waals surface area (Å²) in [5.74, 6) is 0. The molecule has 0 aromatic carbocycles. The van der Waals surface area contributed by atoms with Crippen LogP contribution in [0.15, 0.2) is 0 Å². The monoisotopic (exact) mass is 1560 g/mol. The third kappa shape index (κ3) is 41.8. The number of methoxy groups -OCH3 is 1. The van der Waals surface area contributed by atoms with Gasteiger partial charge in [-0.05, 0) is 6.42 Å². The van der Waals surface area contributed by atoms with E-state index in [0.717, 1.165) is 0 Å². The molecule has 0 aliphatic rings. The zero-order valence-electron chi connectivity index (χ0n) is 69.2. The van der Waals surface area contributed by atoms with Crippen LogP contribution >= 0.6 is 0 Å². The standard InChI is InChI=1S/C77H156O30/c1-18-63(2,19-78)35-94-42-70(9,31-90)44-101-53-74(13,50-98-39-67(6,26-85)27-86)58-106-59-75(14,51-99-40-68(7,28-87)29-88)60-107-61-76(15,52-100-41-69(8,30-89)34-93-17)54-103-46-72(11,33-92)47-104-56-77(16,55-102-45-71(10,32-91)43-95-36-64(3,20-79)21-80)62-105-57-73(12,48-96-37-65(4,22-81)23-82)49-97-38-66(5,24-83)25-84/h78-92H,18-62H2,1-17H3. The van der Waals surface area contributed by atoms with Crippen LogP contribution in [0.3, 0.4) is 0 Å². The molecule has 0 amide bonds. The molecule has 30 heteroatoms. The molecule has 0 fully saturated rings. The van der Waals surface area contributed by atoms with Gasteiger partial charge in [-0.2, -0.15) is 0 Å². The first-order valence-electron chi connectivity index (χ1n) is 37.6. The van der Waals surface area contributed by atoms with Gasteiger partial charge in [-0.1, -0.05) is 111 Å². The molecule has 30 nitrogen and oxygen atoms in total. The van der Waals surface area contributed by atoms with Crippen molar-refractivity contribution < 1.29 is 148 Å². The molecule has 0 radical (unpaired) electrons. The number of hydrogen-bond acceptors (Lipinski definition) is 30. The molecule has 0 bridgehead atoms. The van der Waals surface area contributed by atoms with E-state index in [9.17, 15) is 76.6 Å². The Kier molecular flexibility index (Phi) is 50.4. The Balaban J connectivity index is 7.18. The maximum Gasteiger partial charge on any atom is 0.0564 e. The van der Waals surface area contributed by atoms with Crippen LogP contribution in [-0.2, 0) is 71.1 Å². The summed E-state index contributed by atoms with van der Waals surface area (Å²) in [6, 6.07) is 0. The van der Waals surface area contributed by atoms with Crippen molar-refractivity contribution in [1.82, 2.24) is 0 Å². The summed E-state index contributed by atoms with van der Waals surface area (Å²) >= 11 is 0. The predicted octanol–water partition coefficient (Wildman–Crippen LogP) is 1.25. The van der Waals surface area contributed by atoms with Crippen LogP contribution < -0.4 is 0 Å². The lowest BCUT2D eigenvalue weighted by Gasteiger charge is -2.37. The second kappa shape index (κ2) is 51.0. The summed E-state index contributed by atoms with van der Waals surface area (Å²) in [5.41, 5.74) is -12.9. The van der Waals surface area contributed by atoms with Crippen molar-refractivity contribution in [3.63, 3.8) is 0 Å². The second-order valence-corrected chi connectivity index (χ2v) is 37.2. The summed E-state index contributed by atoms with van der Waals surface area (Å²) in [7, 11) is 1.54. The van der Waals surface area contributed by atoms with Crippen molar-refractivity contribution in [2.45, 2.75) is 117 Å². The van der Waals surface area contributed by atoms with Gasteiger partial charge in [-0.3, -0.25) is 0 Å². The van der Waals surface area contributed by atoms with Crippen LogP contribution in [-0.4, -0.2) is 374 Å². The van der Waals surface area contributed by atoms with E-state index in [2.05, 4.69) is 0 Å². The Labute approximate surface area is 641 Å². The molecule has 0 aromatic rings. The Hall–Kier alpha value is -1.20. The van der Waals surface area contributed by atoms with Gasteiger partial charge in [0.25, 0.3) is 0 Å². The lowest BCUT2D eigenvalue weighted by Crippen LogP contribution is -2.43. The topological polar surface area (TPSA) is 442 Å². The lowest BCUT2D eigenvalue weighted by atomic mass is 9.89. The molecule has 0 saturated heterocycles. The average molecular weight is 1560 g/mol. The fourth-order valence-corrected chi connectivity index (χ4v) is 10.1. The van der Waals surface area contributed by atoms with Crippen LogP contribution in [0, 0.1) is 81.2 Å². The summed E-state index contributed by atoms with van der Waals surface area (Å²) in [5, 5.41) is 153. The summed E-state index contributed by atoms with van der Waals surface area (Å²) < 4.78 is 94.0. The number of hydrogen-bond donors (Lipinski definition) is 15. The number of aliphatic hydroxyl groups is 15. The maximum atomic E-state index is 11.1. The fourth-order valence-electron chi connectivity index (χ4n) is 10.1. The highest BCUT2D eigenvalue weighted by atomic mass is 16.6. The summed E-state index contributed by atoms with van der Waals surface area (Å²) in [6.45, 7) is 26.5. The largest absolute Gasteiger partial charge is 0.396 e. The van der Waals surface area contributed by atoms with Crippen LogP contribution in [0.1, 0.15) is 117 Å². The van der Waals surface area contributed by atoms with Crippen molar-refractivity contribution in [3.8, 4) is 0 Å². The van der Waals surface area contributed by atoms with E-state index < -0.39 is 81.2 Å². The van der Waals surface area contributed by atoms with Crippen molar-refractivity contribution in [3.05, 3.63) is 0 Å². The van der Waals surface area contributed by atoms with E-state index in [1.54, 1.807) is 41.5 Å². The first-order valence-corrected chi connectivity index (χ1v) is 37.6. The van der Waals surface area contributed by atoms with E-state index in [1.807, 2.05) is 69.2 Å². The van der Waals surface area contributed by atoms with Gasteiger partial charge >= 0.3 is 0 Å². The fraction of sp³-hybridized carbons (Fsp3) is 1.00. The molecule has 0 aliphatic carbocycles. The predicted molar refractivity (Wildman–Crippen MR) is 402 cm³/mol. The van der Waals surface area contributed by atoms with E-state index in [1.165, 1.54) is 7.11 Å². The highest BCUT2D eigenvalue weighted by Crippen LogP contribution is 2.33. The third-order valence-electron chi connectivity index (χ3n) is 19.7. The first kappa shape index (κ1) is 106. The number of aliphatic hydroxyl groups excluding tert-OH is 15. The quantitative estimate of drug-likeness (QED) is 0.0407. The number of ether oxygens (including phenoxy) is 15. The van der Waals surface area contributed by atoms with Gasteiger partial charge in [0, 0.05) is 88.3 Å². The van der Waals surface area contributed by atoms with Crippen molar-refractivity contribution in [2.75, 3.05) is 298 Å². The van der Waals surface area contributed by atoms with Crippen LogP contribution in [0.2, 0.25) is 0 Å². The Bertz CT molecular complexity index is 2200. The normalized spacial score (nSPS) is 18.4. The summed E-state index contributed by atoms with van der Waals surface area (Å²) in [4.78, 5) is 0. The maximum absolute atomic E-state index is 11.1. The molecule has 0 spiro atoms. The van der Waals surface area contributed by atoms with E-state index in [0.29, 0.717) is 6.42 Å². The van der Waals surface area contributed by atoms with Crippen molar-refractivity contribution in [2.24, 2.45) is 81.2 Å². The minimum atomic E-state index is -0.996. The van der Waals surface area contributed by atoms with Gasteiger partial charge < -0.3 is 148 Å². The SMILES string of the molecule is CCC(C)(CO)COCC(C)(CO)COCC(C)(COCC(C)(CO)CO)COCC(C)(COCC(C)(CO)CO)COCC(C)(COCC(C)(CO)COC)COCC(C)(CO)COCC(C)(COCC(C)(CO)COCC(C)(CO)CO)COCC(C)(COCC(C)(CO)CO)COCC(C)(CO)CO. The van der Waals surface area contributed by atoms with Crippen molar-refractivity contribution in [1.29, 1.82) is 0 Å². The third-order valence-corrected chi connectivity index (χ3v) is 19.7. The molecule has 9 unspecified atom stereocenters. The molecule has 0 saturated carbocycles. The molecule has 9 atom stereocenters. The molecule has 644 valence electrons. The van der Waals surface area contributed by atoms with Gasteiger partial charge in [0.2, 0.25) is 0 Å². The lowest BCUT2D eigenvalue weighted by molar-refractivity contribution is -0.140. The molecule has 0 heterocycles. The molecule has 15 N–H and O–H groups in total. The molecule has 0 rings (SSSR count). The molecule has 107 heavy (non-hydrogen) atoms. The Morgan fingerprint density at radius 1 is 0.140 bits per heavy atom. The highest BCUT2D eigenvalue weighted by Gasteiger charge is 2.40. The smallest absolute Gasteiger partial charge is 0.0564 e. The molecular weight excluding hydrogens is 1400 g/mol. The van der Waals surface area contributed by atoms with E-state index >= 15 is 0 Å². The van der Waals surface area contributed by atoms with Crippen LogP contribution in [0.5, 0.6) is 0 Å². The molecule has 0 aromatic heterocycles. The minimum absolute atomic E-state index is 0.00113. The molecule has 0 aliphatic heterocycles. The molecular formula is C77H156O30. The van der Waals surface area contributed by atoms with Gasteiger partial charge in [0.15, 0.2) is 0 Å². The summed E-state index contributed by atoms with van der Waals surface area (Å²) in [6.07, 6.45) is 0.693.